The van der Waals surface area contributed by atoms with E-state index in [0.29, 0.717) is 24.7 Å². The van der Waals surface area contributed by atoms with Gasteiger partial charge in [-0.05, 0) is 44.5 Å². The summed E-state index contributed by atoms with van der Waals surface area (Å²) in [6.07, 6.45) is 5.45. The Morgan fingerprint density at radius 1 is 1.41 bits per heavy atom. The Hall–Kier alpha value is -2.23. The molecule has 1 aromatic carbocycles. The predicted molar refractivity (Wildman–Crippen MR) is 130 cm³/mol. The van der Waals surface area contributed by atoms with Crippen LogP contribution >= 0.6 is 12.2 Å². The van der Waals surface area contributed by atoms with Gasteiger partial charge in [-0.1, -0.05) is 36.4 Å². The Bertz CT molecular complexity index is 1010. The molecule has 1 atom stereocenters. The molecule has 174 valence electrons. The Morgan fingerprint density at radius 3 is 2.78 bits per heavy atom. The Labute approximate surface area is 196 Å². The first-order chi connectivity index (χ1) is 15.3. The molecule has 1 N–H and O–H groups in total. The summed E-state index contributed by atoms with van der Waals surface area (Å²) in [7, 11) is -3.63. The summed E-state index contributed by atoms with van der Waals surface area (Å²) in [5.41, 5.74) is 1.49. The molecule has 32 heavy (non-hydrogen) atoms. The van der Waals surface area contributed by atoms with Gasteiger partial charge in [0.25, 0.3) is 0 Å². The number of hydrogen-bond donors (Lipinski definition) is 1. The lowest BCUT2D eigenvalue weighted by molar-refractivity contribution is 0.0891. The van der Waals surface area contributed by atoms with Crippen molar-refractivity contribution in [2.45, 2.75) is 62.8 Å². The van der Waals surface area contributed by atoms with Crippen molar-refractivity contribution in [3.8, 4) is 0 Å². The lowest BCUT2D eigenvalue weighted by Gasteiger charge is -2.29. The van der Waals surface area contributed by atoms with Crippen LogP contribution in [0.5, 0.6) is 0 Å². The summed E-state index contributed by atoms with van der Waals surface area (Å²) >= 11 is 5.65. The largest absolute Gasteiger partial charge is 0.376 e. The molecule has 1 aliphatic rings. The second-order valence-electron chi connectivity index (χ2n) is 8.30. The number of ether oxygens (including phenoxy) is 1. The number of aromatic nitrogens is 2. The highest BCUT2D eigenvalue weighted by Crippen LogP contribution is 2.20. The first-order valence-corrected chi connectivity index (χ1v) is 12.9. The molecule has 7 nitrogen and oxygen atoms in total. The second-order valence-corrected chi connectivity index (χ2v) is 10.6. The van der Waals surface area contributed by atoms with Gasteiger partial charge in [-0.25, -0.2) is 13.4 Å². The number of rotatable bonds is 10. The van der Waals surface area contributed by atoms with Gasteiger partial charge >= 0.3 is 0 Å². The van der Waals surface area contributed by atoms with Crippen molar-refractivity contribution < 1.29 is 13.2 Å². The number of benzene rings is 1. The fourth-order valence-electron chi connectivity index (χ4n) is 3.74. The number of thiocarbonyl (C=S) groups is 1. The van der Waals surface area contributed by atoms with Crippen molar-refractivity contribution in [3.63, 3.8) is 0 Å². The predicted octanol–water partition coefficient (Wildman–Crippen LogP) is 3.31. The summed E-state index contributed by atoms with van der Waals surface area (Å²) in [5.74, 6) is -0.103. The van der Waals surface area contributed by atoms with Crippen LogP contribution in [-0.4, -0.2) is 53.3 Å². The van der Waals surface area contributed by atoms with Crippen molar-refractivity contribution in [2.75, 3.05) is 13.2 Å². The maximum absolute atomic E-state index is 13.2. The minimum atomic E-state index is -3.63. The van der Waals surface area contributed by atoms with Gasteiger partial charge in [0.1, 0.15) is 0 Å². The van der Waals surface area contributed by atoms with Crippen molar-refractivity contribution in [1.82, 2.24) is 19.8 Å². The average molecular weight is 477 g/mol. The number of sulfone groups is 1. The third kappa shape index (κ3) is 6.40. The second kappa shape index (κ2) is 11.1. The fraction of sp³-hybridized carbons (Fsp3) is 0.478. The molecule has 1 aliphatic heterocycles. The van der Waals surface area contributed by atoms with Gasteiger partial charge in [-0.2, -0.15) is 0 Å². The van der Waals surface area contributed by atoms with E-state index in [1.54, 1.807) is 29.0 Å². The Morgan fingerprint density at radius 2 is 2.16 bits per heavy atom. The van der Waals surface area contributed by atoms with Crippen molar-refractivity contribution in [1.29, 1.82) is 0 Å². The molecule has 3 rings (SSSR count). The van der Waals surface area contributed by atoms with E-state index >= 15 is 0 Å². The molecule has 1 unspecified atom stereocenters. The van der Waals surface area contributed by atoms with Crippen LogP contribution in [0.4, 0.5) is 0 Å². The Kier molecular flexibility index (Phi) is 8.44. The van der Waals surface area contributed by atoms with Crippen LogP contribution in [0.3, 0.4) is 0 Å². The molecule has 0 radical (unpaired) electrons. The number of imidazole rings is 1. The monoisotopic (exact) mass is 476 g/mol. The first-order valence-electron chi connectivity index (χ1n) is 10.9. The minimum absolute atomic E-state index is 0.0519. The van der Waals surface area contributed by atoms with Crippen LogP contribution in [0.15, 0.2) is 54.3 Å². The number of nitrogens with zero attached hydrogens (tertiary/aromatic N) is 3. The molecule has 0 aliphatic carbocycles. The van der Waals surface area contributed by atoms with E-state index in [-0.39, 0.29) is 23.1 Å². The normalized spacial score (nSPS) is 16.3. The highest BCUT2D eigenvalue weighted by Gasteiger charge is 2.26. The lowest BCUT2D eigenvalue weighted by atomic mass is 10.2. The average Bonchev–Trinajstić information content (AvgIpc) is 3.38. The van der Waals surface area contributed by atoms with Gasteiger partial charge in [-0.3, -0.25) is 0 Å². The molecule has 2 aromatic rings. The van der Waals surface area contributed by atoms with E-state index < -0.39 is 9.84 Å². The summed E-state index contributed by atoms with van der Waals surface area (Å²) in [6.45, 7) is 10.1. The molecule has 0 saturated carbocycles. The maximum atomic E-state index is 13.2. The number of hydrogen-bond acceptors (Lipinski definition) is 5. The zero-order valence-corrected chi connectivity index (χ0v) is 20.4. The molecule has 2 heterocycles. The van der Waals surface area contributed by atoms with Gasteiger partial charge in [0, 0.05) is 25.7 Å². The van der Waals surface area contributed by atoms with E-state index in [4.69, 9.17) is 17.0 Å². The fourth-order valence-corrected chi connectivity index (χ4v) is 5.61. The molecule has 0 amide bonds. The van der Waals surface area contributed by atoms with Crippen molar-refractivity contribution in [2.24, 2.45) is 0 Å². The summed E-state index contributed by atoms with van der Waals surface area (Å²) in [6, 6.07) is 9.33. The van der Waals surface area contributed by atoms with Crippen LogP contribution in [0.25, 0.3) is 0 Å². The minimum Gasteiger partial charge on any atom is -0.376 e. The van der Waals surface area contributed by atoms with E-state index in [1.807, 2.05) is 36.9 Å². The molecule has 1 fully saturated rings. The van der Waals surface area contributed by atoms with Crippen LogP contribution in [0, 0.1) is 0 Å². The van der Waals surface area contributed by atoms with Crippen molar-refractivity contribution >= 4 is 27.2 Å². The molecule has 0 spiro atoms. The molecule has 1 saturated heterocycles. The van der Waals surface area contributed by atoms with E-state index in [0.717, 1.165) is 30.7 Å². The van der Waals surface area contributed by atoms with E-state index in [9.17, 15) is 8.42 Å². The molecular formula is C23H32N4O3S2. The molecular weight excluding hydrogens is 444 g/mol. The topological polar surface area (TPSA) is 76.5 Å². The smallest absolute Gasteiger partial charge is 0.228 e. The molecule has 1 aromatic heterocycles. The summed E-state index contributed by atoms with van der Waals surface area (Å²) in [5, 5.41) is 3.96. The number of nitrogens with one attached hydrogen (secondary N) is 1. The van der Waals surface area contributed by atoms with Crippen LogP contribution in [0.2, 0.25) is 0 Å². The molecule has 0 bridgehead atoms. The summed E-state index contributed by atoms with van der Waals surface area (Å²) in [4.78, 5) is 6.35. The van der Waals surface area contributed by atoms with Gasteiger partial charge in [0.2, 0.25) is 15.0 Å². The Balaban J connectivity index is 1.87. The quantitative estimate of drug-likeness (QED) is 0.416. The van der Waals surface area contributed by atoms with Gasteiger partial charge in [0.15, 0.2) is 5.11 Å². The lowest BCUT2D eigenvalue weighted by Crippen LogP contribution is -2.45. The van der Waals surface area contributed by atoms with E-state index in [2.05, 4.69) is 16.9 Å². The van der Waals surface area contributed by atoms with Crippen LogP contribution in [0.1, 0.15) is 37.9 Å². The highest BCUT2D eigenvalue weighted by molar-refractivity contribution is 7.90. The van der Waals surface area contributed by atoms with E-state index in [1.165, 1.54) is 0 Å². The number of allylic oxidation sites excluding steroid dienone is 1. The van der Waals surface area contributed by atoms with Crippen LogP contribution < -0.4 is 5.32 Å². The SMILES string of the molecule is C=CCn1c(CN(CC2CCCO2)C(=S)NC(C)C)cnc1S(=O)(=O)Cc1ccccc1. The third-order valence-corrected chi connectivity index (χ3v) is 7.16. The summed E-state index contributed by atoms with van der Waals surface area (Å²) < 4.78 is 33.9. The highest BCUT2D eigenvalue weighted by atomic mass is 32.2. The zero-order valence-electron chi connectivity index (χ0n) is 18.7. The van der Waals surface area contributed by atoms with Gasteiger partial charge in [0.05, 0.1) is 30.3 Å². The maximum Gasteiger partial charge on any atom is 0.228 e. The molecule has 9 heteroatoms. The first kappa shape index (κ1) is 24.4. The van der Waals surface area contributed by atoms with Gasteiger partial charge < -0.3 is 19.5 Å². The van der Waals surface area contributed by atoms with Crippen LogP contribution in [-0.2, 0) is 33.4 Å². The standard InChI is InChI=1S/C23H32N4O3S2/c1-4-12-27-20(14-24-23(27)32(28,29)17-19-9-6-5-7-10-19)15-26(22(31)25-18(2)3)16-21-11-8-13-30-21/h4-7,9-10,14,18,21H,1,8,11-13,15-17H2,2-3H3,(H,25,31). The van der Waals surface area contributed by atoms with Crippen molar-refractivity contribution in [3.05, 3.63) is 60.4 Å². The third-order valence-electron chi connectivity index (χ3n) is 5.19. The zero-order chi connectivity index (χ0) is 23.1. The van der Waals surface area contributed by atoms with Gasteiger partial charge in [-0.15, -0.1) is 6.58 Å².